The third-order valence-corrected chi connectivity index (χ3v) is 3.99. The summed E-state index contributed by atoms with van der Waals surface area (Å²) < 4.78 is 38.8. The van der Waals surface area contributed by atoms with Crippen LogP contribution in [0, 0.1) is 10.6 Å². The average Bonchev–Trinajstić information content (AvgIpc) is 2.46. The number of ether oxygens (including phenoxy) is 1. The average molecular weight is 292 g/mol. The Balaban J connectivity index is 2.39. The SMILES string of the molecule is COc1cccnc1S(=N)(=O)/C=C/c1ccccc1F. The maximum absolute atomic E-state index is 13.5. The lowest BCUT2D eigenvalue weighted by Crippen LogP contribution is -2.01. The number of aromatic nitrogens is 1. The van der Waals surface area contributed by atoms with Crippen LogP contribution in [0.2, 0.25) is 0 Å². The number of nitrogens with one attached hydrogen (secondary N) is 1. The number of rotatable bonds is 4. The van der Waals surface area contributed by atoms with Crippen molar-refractivity contribution in [1.29, 1.82) is 4.78 Å². The van der Waals surface area contributed by atoms with Crippen LogP contribution in [0.15, 0.2) is 53.0 Å². The molecule has 1 aromatic heterocycles. The Kier molecular flexibility index (Phi) is 4.14. The summed E-state index contributed by atoms with van der Waals surface area (Å²) in [6.07, 6.45) is 2.75. The molecule has 0 aliphatic carbocycles. The zero-order valence-corrected chi connectivity index (χ0v) is 11.6. The Morgan fingerprint density at radius 3 is 2.75 bits per heavy atom. The number of methoxy groups -OCH3 is 1. The molecule has 1 atom stereocenters. The van der Waals surface area contributed by atoms with Gasteiger partial charge in [0, 0.05) is 17.2 Å². The van der Waals surface area contributed by atoms with Crippen molar-refractivity contribution in [3.05, 3.63) is 59.4 Å². The summed E-state index contributed by atoms with van der Waals surface area (Å²) in [5, 5.41) is 1.16. The molecule has 1 heterocycles. The van der Waals surface area contributed by atoms with E-state index in [-0.39, 0.29) is 16.3 Å². The Morgan fingerprint density at radius 1 is 1.30 bits per heavy atom. The van der Waals surface area contributed by atoms with Gasteiger partial charge in [0.2, 0.25) is 0 Å². The van der Waals surface area contributed by atoms with Crippen molar-refractivity contribution in [2.24, 2.45) is 0 Å². The smallest absolute Gasteiger partial charge is 0.181 e. The van der Waals surface area contributed by atoms with E-state index in [1.54, 1.807) is 24.3 Å². The minimum Gasteiger partial charge on any atom is -0.494 e. The molecule has 0 amide bonds. The van der Waals surface area contributed by atoms with Gasteiger partial charge in [-0.3, -0.25) is 0 Å². The van der Waals surface area contributed by atoms with Gasteiger partial charge in [-0.25, -0.2) is 18.4 Å². The second-order valence-corrected chi connectivity index (χ2v) is 5.80. The maximum Gasteiger partial charge on any atom is 0.181 e. The number of hydrogen-bond acceptors (Lipinski definition) is 4. The van der Waals surface area contributed by atoms with Gasteiger partial charge in [0.05, 0.1) is 7.11 Å². The monoisotopic (exact) mass is 292 g/mol. The zero-order valence-electron chi connectivity index (χ0n) is 10.7. The van der Waals surface area contributed by atoms with Gasteiger partial charge >= 0.3 is 0 Å². The highest BCUT2D eigenvalue weighted by Crippen LogP contribution is 2.23. The predicted octanol–water partition coefficient (Wildman–Crippen LogP) is 3.31. The van der Waals surface area contributed by atoms with E-state index in [2.05, 4.69) is 4.98 Å². The van der Waals surface area contributed by atoms with Crippen LogP contribution >= 0.6 is 0 Å². The second-order valence-electron chi connectivity index (χ2n) is 3.94. The second kappa shape index (κ2) is 5.83. The highest BCUT2D eigenvalue weighted by molar-refractivity contribution is 7.95. The van der Waals surface area contributed by atoms with Crippen LogP contribution in [0.25, 0.3) is 6.08 Å². The summed E-state index contributed by atoms with van der Waals surface area (Å²) >= 11 is 0. The summed E-state index contributed by atoms with van der Waals surface area (Å²) in [6, 6.07) is 9.26. The molecule has 0 spiro atoms. The third kappa shape index (κ3) is 3.03. The summed E-state index contributed by atoms with van der Waals surface area (Å²) in [5.41, 5.74) is 0.266. The van der Waals surface area contributed by atoms with Gasteiger partial charge in [0.15, 0.2) is 10.8 Å². The maximum atomic E-state index is 13.5. The van der Waals surface area contributed by atoms with E-state index in [4.69, 9.17) is 9.52 Å². The number of halogens is 1. The lowest BCUT2D eigenvalue weighted by Gasteiger charge is -2.07. The highest BCUT2D eigenvalue weighted by Gasteiger charge is 2.14. The first-order valence-electron chi connectivity index (χ1n) is 5.75. The Bertz CT molecular complexity index is 742. The van der Waals surface area contributed by atoms with Crippen molar-refractivity contribution >= 4 is 15.8 Å². The molecule has 0 saturated heterocycles. The molecule has 2 rings (SSSR count). The number of hydrogen-bond donors (Lipinski definition) is 1. The van der Waals surface area contributed by atoms with Crippen LogP contribution < -0.4 is 4.74 Å². The van der Waals surface area contributed by atoms with Crippen LogP contribution in [-0.4, -0.2) is 16.3 Å². The molecule has 104 valence electrons. The lowest BCUT2D eigenvalue weighted by molar-refractivity contribution is 0.399. The Hall–Kier alpha value is -2.21. The molecule has 1 aromatic carbocycles. The van der Waals surface area contributed by atoms with E-state index < -0.39 is 15.5 Å². The molecule has 0 bridgehead atoms. The molecule has 1 N–H and O–H groups in total. The Morgan fingerprint density at radius 2 is 2.05 bits per heavy atom. The van der Waals surface area contributed by atoms with Crippen molar-refractivity contribution in [2.45, 2.75) is 5.03 Å². The van der Waals surface area contributed by atoms with E-state index in [9.17, 15) is 8.60 Å². The van der Waals surface area contributed by atoms with Crippen molar-refractivity contribution < 1.29 is 13.3 Å². The quantitative estimate of drug-likeness (QED) is 0.940. The van der Waals surface area contributed by atoms with Gasteiger partial charge in [-0.05, 0) is 24.3 Å². The topological polar surface area (TPSA) is 63.0 Å². The van der Waals surface area contributed by atoms with Crippen molar-refractivity contribution in [3.63, 3.8) is 0 Å². The van der Waals surface area contributed by atoms with Crippen molar-refractivity contribution in [1.82, 2.24) is 4.98 Å². The fraction of sp³-hybridized carbons (Fsp3) is 0.0714. The fourth-order valence-electron chi connectivity index (χ4n) is 1.60. The van der Waals surface area contributed by atoms with Crippen molar-refractivity contribution in [3.8, 4) is 5.75 Å². The molecule has 0 radical (unpaired) electrons. The number of benzene rings is 1. The molecule has 0 fully saturated rings. The fourth-order valence-corrected chi connectivity index (χ4v) is 2.74. The van der Waals surface area contributed by atoms with Gasteiger partial charge in [-0.2, -0.15) is 0 Å². The molecule has 0 aliphatic heterocycles. The summed E-state index contributed by atoms with van der Waals surface area (Å²) in [4.78, 5) is 3.92. The van der Waals surface area contributed by atoms with Crippen LogP contribution in [-0.2, 0) is 9.73 Å². The third-order valence-electron chi connectivity index (χ3n) is 2.59. The first kappa shape index (κ1) is 14.2. The molecular weight excluding hydrogens is 279 g/mol. The first-order chi connectivity index (χ1) is 9.54. The van der Waals surface area contributed by atoms with E-state index in [1.165, 1.54) is 31.5 Å². The van der Waals surface area contributed by atoms with Gasteiger partial charge in [-0.15, -0.1) is 0 Å². The van der Waals surface area contributed by atoms with E-state index >= 15 is 0 Å². The molecule has 1 unspecified atom stereocenters. The van der Waals surface area contributed by atoms with Gasteiger partial charge in [-0.1, -0.05) is 18.2 Å². The normalized spacial score (nSPS) is 14.1. The van der Waals surface area contributed by atoms with Gasteiger partial charge in [0.25, 0.3) is 0 Å². The van der Waals surface area contributed by atoms with Gasteiger partial charge < -0.3 is 4.74 Å². The molecule has 0 aliphatic rings. The molecule has 20 heavy (non-hydrogen) atoms. The Labute approximate surface area is 116 Å². The van der Waals surface area contributed by atoms with Crippen LogP contribution in [0.1, 0.15) is 5.56 Å². The first-order valence-corrected chi connectivity index (χ1v) is 7.37. The standard InChI is InChI=1S/C14H13FN2O2S/c1-19-13-7-4-9-17-14(13)20(16,18)10-8-11-5-2-3-6-12(11)15/h2-10,16H,1H3/b10-8+. The van der Waals surface area contributed by atoms with E-state index in [1.807, 2.05) is 0 Å². The minimum absolute atomic E-state index is 0.0232. The molecule has 4 nitrogen and oxygen atoms in total. The van der Waals surface area contributed by atoms with Crippen LogP contribution in [0.3, 0.4) is 0 Å². The predicted molar refractivity (Wildman–Crippen MR) is 75.4 cm³/mol. The highest BCUT2D eigenvalue weighted by atomic mass is 32.2. The largest absolute Gasteiger partial charge is 0.494 e. The van der Waals surface area contributed by atoms with Gasteiger partial charge in [0.1, 0.15) is 15.5 Å². The zero-order chi connectivity index (χ0) is 14.6. The molecular formula is C14H13FN2O2S. The summed E-state index contributed by atoms with van der Waals surface area (Å²) in [7, 11) is -1.89. The van der Waals surface area contributed by atoms with Crippen molar-refractivity contribution in [2.75, 3.05) is 7.11 Å². The van der Waals surface area contributed by atoms with E-state index in [0.717, 1.165) is 5.41 Å². The number of nitrogens with zero attached hydrogens (tertiary/aromatic N) is 1. The lowest BCUT2D eigenvalue weighted by atomic mass is 10.2. The minimum atomic E-state index is -3.30. The molecule has 0 saturated carbocycles. The summed E-state index contributed by atoms with van der Waals surface area (Å²) in [5.74, 6) is -0.169. The molecule has 2 aromatic rings. The summed E-state index contributed by atoms with van der Waals surface area (Å²) in [6.45, 7) is 0. The molecule has 6 heteroatoms. The number of pyridine rings is 1. The van der Waals surface area contributed by atoms with E-state index in [0.29, 0.717) is 0 Å². The van der Waals surface area contributed by atoms with Crippen LogP contribution in [0.5, 0.6) is 5.75 Å². The van der Waals surface area contributed by atoms with Crippen LogP contribution in [0.4, 0.5) is 4.39 Å².